The van der Waals surface area contributed by atoms with E-state index in [1.807, 2.05) is 24.3 Å². The molecule has 3 rings (SSSR count). The van der Waals surface area contributed by atoms with Gasteiger partial charge in [0.25, 0.3) is 5.91 Å². The lowest BCUT2D eigenvalue weighted by molar-refractivity contribution is 0.102. The van der Waals surface area contributed by atoms with Crippen molar-refractivity contribution >= 4 is 32.4 Å². The molecule has 0 saturated carbocycles. The van der Waals surface area contributed by atoms with Crippen LogP contribution >= 0.6 is 0 Å². The van der Waals surface area contributed by atoms with Crippen molar-refractivity contribution in [1.29, 1.82) is 0 Å². The molecule has 26 heavy (non-hydrogen) atoms. The fraction of sp³-hybridized carbons (Fsp3) is 0.105. The van der Waals surface area contributed by atoms with Gasteiger partial charge >= 0.3 is 0 Å². The van der Waals surface area contributed by atoms with Crippen LogP contribution in [-0.4, -0.2) is 21.4 Å². The summed E-state index contributed by atoms with van der Waals surface area (Å²) in [6.45, 7) is 1.64. The summed E-state index contributed by atoms with van der Waals surface area (Å²) in [5, 5.41) is 9.76. The number of hydrogen-bond acceptors (Lipinski definition) is 4. The standard InChI is InChI=1S/C19H18N2O4S/c1-12-7-8-15(11-18(12)26(20,23)24)21-19(22)16-9-13-5-3-4-6-14(13)10-17(16)25-2/h3-11H,1-2H3,(H,21,22)(H2,20,23,24). The second kappa shape index (κ2) is 6.78. The summed E-state index contributed by atoms with van der Waals surface area (Å²) in [5.41, 5.74) is 1.19. The van der Waals surface area contributed by atoms with E-state index in [9.17, 15) is 13.2 Å². The van der Waals surface area contributed by atoms with E-state index in [1.165, 1.54) is 13.2 Å². The zero-order chi connectivity index (χ0) is 18.9. The van der Waals surface area contributed by atoms with Crippen molar-refractivity contribution < 1.29 is 17.9 Å². The molecule has 0 saturated heterocycles. The monoisotopic (exact) mass is 370 g/mol. The number of aryl methyl sites for hydroxylation is 1. The Hall–Kier alpha value is -2.90. The van der Waals surface area contributed by atoms with Gasteiger partial charge in [-0.2, -0.15) is 0 Å². The average molecular weight is 370 g/mol. The van der Waals surface area contributed by atoms with Crippen molar-refractivity contribution in [3.05, 3.63) is 65.7 Å². The third-order valence-electron chi connectivity index (χ3n) is 4.06. The number of sulfonamides is 1. The van der Waals surface area contributed by atoms with Gasteiger partial charge in [0, 0.05) is 5.69 Å². The van der Waals surface area contributed by atoms with E-state index in [0.717, 1.165) is 10.8 Å². The van der Waals surface area contributed by atoms with Crippen LogP contribution in [0.3, 0.4) is 0 Å². The molecule has 3 aromatic carbocycles. The molecule has 0 aromatic heterocycles. The van der Waals surface area contributed by atoms with Gasteiger partial charge in [0.1, 0.15) is 5.75 Å². The van der Waals surface area contributed by atoms with Crippen molar-refractivity contribution in [2.45, 2.75) is 11.8 Å². The van der Waals surface area contributed by atoms with Gasteiger partial charge in [-0.1, -0.05) is 30.3 Å². The van der Waals surface area contributed by atoms with Crippen LogP contribution in [0.5, 0.6) is 5.75 Å². The molecular formula is C19H18N2O4S. The third kappa shape index (κ3) is 3.54. The lowest BCUT2D eigenvalue weighted by atomic mass is 10.1. The second-order valence-electron chi connectivity index (χ2n) is 5.88. The van der Waals surface area contributed by atoms with Gasteiger partial charge < -0.3 is 10.1 Å². The quantitative estimate of drug-likeness (QED) is 0.737. The average Bonchev–Trinajstić information content (AvgIpc) is 2.61. The zero-order valence-electron chi connectivity index (χ0n) is 14.3. The maximum Gasteiger partial charge on any atom is 0.259 e. The van der Waals surface area contributed by atoms with E-state index >= 15 is 0 Å². The number of rotatable bonds is 4. The third-order valence-corrected chi connectivity index (χ3v) is 5.12. The normalized spacial score (nSPS) is 11.3. The van der Waals surface area contributed by atoms with Crippen molar-refractivity contribution in [3.8, 4) is 5.75 Å². The van der Waals surface area contributed by atoms with Gasteiger partial charge in [-0.15, -0.1) is 0 Å². The molecule has 0 bridgehead atoms. The Bertz CT molecular complexity index is 1110. The number of anilines is 1. The molecule has 0 spiro atoms. The van der Waals surface area contributed by atoms with Gasteiger partial charge in [0.2, 0.25) is 10.0 Å². The Morgan fingerprint density at radius 1 is 1.04 bits per heavy atom. The lowest BCUT2D eigenvalue weighted by Gasteiger charge is -2.12. The molecule has 3 aromatic rings. The maximum atomic E-state index is 12.7. The van der Waals surface area contributed by atoms with Crippen LogP contribution < -0.4 is 15.2 Å². The molecular weight excluding hydrogens is 352 g/mol. The van der Waals surface area contributed by atoms with Gasteiger partial charge in [-0.25, -0.2) is 13.6 Å². The summed E-state index contributed by atoms with van der Waals surface area (Å²) < 4.78 is 28.6. The number of methoxy groups -OCH3 is 1. The smallest absolute Gasteiger partial charge is 0.259 e. The summed E-state index contributed by atoms with van der Waals surface area (Å²) >= 11 is 0. The number of fused-ring (bicyclic) bond motifs is 1. The van der Waals surface area contributed by atoms with E-state index in [-0.39, 0.29) is 4.90 Å². The Kier molecular flexibility index (Phi) is 4.67. The Balaban J connectivity index is 1.99. The van der Waals surface area contributed by atoms with Gasteiger partial charge in [0.15, 0.2) is 0 Å². The molecule has 0 aliphatic heterocycles. The second-order valence-corrected chi connectivity index (χ2v) is 7.41. The van der Waals surface area contributed by atoms with Crippen LogP contribution in [0.2, 0.25) is 0 Å². The van der Waals surface area contributed by atoms with E-state index in [0.29, 0.717) is 22.6 Å². The Morgan fingerprint density at radius 3 is 2.31 bits per heavy atom. The van der Waals surface area contributed by atoms with Gasteiger partial charge in [-0.3, -0.25) is 4.79 Å². The highest BCUT2D eigenvalue weighted by Crippen LogP contribution is 2.27. The number of primary sulfonamides is 1. The fourth-order valence-corrected chi connectivity index (χ4v) is 3.56. The molecule has 0 heterocycles. The minimum atomic E-state index is -3.87. The molecule has 134 valence electrons. The van der Waals surface area contributed by atoms with E-state index in [4.69, 9.17) is 9.88 Å². The first-order chi connectivity index (χ1) is 12.3. The molecule has 0 radical (unpaired) electrons. The summed E-state index contributed by atoms with van der Waals surface area (Å²) in [7, 11) is -2.38. The number of carbonyl (C=O) groups excluding carboxylic acids is 1. The highest BCUT2D eigenvalue weighted by molar-refractivity contribution is 7.89. The number of ether oxygens (including phenoxy) is 1. The number of carbonyl (C=O) groups is 1. The van der Waals surface area contributed by atoms with Crippen LogP contribution in [0, 0.1) is 6.92 Å². The van der Waals surface area contributed by atoms with E-state index in [1.54, 1.807) is 31.2 Å². The molecule has 3 N–H and O–H groups in total. The molecule has 1 amide bonds. The predicted octanol–water partition coefficient (Wildman–Crippen LogP) is 3.06. The highest BCUT2D eigenvalue weighted by atomic mass is 32.2. The SMILES string of the molecule is COc1cc2ccccc2cc1C(=O)Nc1ccc(C)c(S(N)(=O)=O)c1. The van der Waals surface area contributed by atoms with Gasteiger partial charge in [-0.05, 0) is 47.5 Å². The Labute approximate surface area is 151 Å². The first-order valence-electron chi connectivity index (χ1n) is 7.81. The van der Waals surface area contributed by atoms with Crippen LogP contribution in [0.15, 0.2) is 59.5 Å². The molecule has 7 heteroatoms. The van der Waals surface area contributed by atoms with E-state index < -0.39 is 15.9 Å². The van der Waals surface area contributed by atoms with Crippen molar-refractivity contribution in [2.24, 2.45) is 5.14 Å². The summed E-state index contributed by atoms with van der Waals surface area (Å²) in [6.07, 6.45) is 0. The Morgan fingerprint density at radius 2 is 1.69 bits per heavy atom. The van der Waals surface area contributed by atoms with Crippen LogP contribution in [0.1, 0.15) is 15.9 Å². The zero-order valence-corrected chi connectivity index (χ0v) is 15.1. The van der Waals surface area contributed by atoms with Crippen molar-refractivity contribution in [3.63, 3.8) is 0 Å². The number of nitrogens with two attached hydrogens (primary N) is 1. The molecule has 0 fully saturated rings. The fourth-order valence-electron chi connectivity index (χ4n) is 2.75. The lowest BCUT2D eigenvalue weighted by Crippen LogP contribution is -2.16. The number of hydrogen-bond donors (Lipinski definition) is 2. The molecule has 0 aliphatic rings. The van der Waals surface area contributed by atoms with E-state index in [2.05, 4.69) is 5.32 Å². The maximum absolute atomic E-state index is 12.7. The largest absolute Gasteiger partial charge is 0.496 e. The summed E-state index contributed by atoms with van der Waals surface area (Å²) in [4.78, 5) is 12.7. The minimum absolute atomic E-state index is 0.0271. The van der Waals surface area contributed by atoms with Crippen LogP contribution in [0.25, 0.3) is 10.8 Å². The molecule has 0 aliphatic carbocycles. The molecule has 6 nitrogen and oxygen atoms in total. The highest BCUT2D eigenvalue weighted by Gasteiger charge is 2.16. The topological polar surface area (TPSA) is 98.5 Å². The first kappa shape index (κ1) is 17.9. The number of nitrogens with one attached hydrogen (secondary N) is 1. The van der Waals surface area contributed by atoms with Crippen molar-refractivity contribution in [2.75, 3.05) is 12.4 Å². The minimum Gasteiger partial charge on any atom is -0.496 e. The van der Waals surface area contributed by atoms with Crippen LogP contribution in [-0.2, 0) is 10.0 Å². The molecule has 0 atom stereocenters. The number of benzene rings is 3. The number of amides is 1. The summed E-state index contributed by atoms with van der Waals surface area (Å²) in [5.74, 6) is 0.0248. The van der Waals surface area contributed by atoms with Crippen molar-refractivity contribution in [1.82, 2.24) is 0 Å². The molecule has 0 unspecified atom stereocenters. The first-order valence-corrected chi connectivity index (χ1v) is 9.36. The van der Waals surface area contributed by atoms with Crippen LogP contribution in [0.4, 0.5) is 5.69 Å². The predicted molar refractivity (Wildman–Crippen MR) is 101 cm³/mol. The summed E-state index contributed by atoms with van der Waals surface area (Å²) in [6, 6.07) is 15.7. The van der Waals surface area contributed by atoms with Gasteiger partial charge in [0.05, 0.1) is 17.6 Å².